The van der Waals surface area contributed by atoms with E-state index in [0.29, 0.717) is 6.42 Å². The third kappa shape index (κ3) is 4.91. The summed E-state index contributed by atoms with van der Waals surface area (Å²) < 4.78 is 0. The molecule has 0 atom stereocenters. The number of aliphatic carboxylic acids is 1. The molecule has 1 N–H and O–H groups in total. The predicted molar refractivity (Wildman–Crippen MR) is 76.6 cm³/mol. The zero-order valence-corrected chi connectivity index (χ0v) is 12.3. The zero-order chi connectivity index (χ0) is 13.7. The van der Waals surface area contributed by atoms with Crippen LogP contribution in [0.1, 0.15) is 36.1 Å². The maximum Gasteiger partial charge on any atom is 0.303 e. The van der Waals surface area contributed by atoms with Crippen molar-refractivity contribution in [3.63, 3.8) is 0 Å². The number of rotatable bonds is 6. The van der Waals surface area contributed by atoms with E-state index in [9.17, 15) is 4.79 Å². The molecule has 5 heteroatoms. The Morgan fingerprint density at radius 2 is 2.21 bits per heavy atom. The number of carbonyl (C=O) groups is 1. The summed E-state index contributed by atoms with van der Waals surface area (Å²) in [4.78, 5) is 18.5. The van der Waals surface area contributed by atoms with Gasteiger partial charge in [0.1, 0.15) is 0 Å². The van der Waals surface area contributed by atoms with Crippen molar-refractivity contribution >= 4 is 17.3 Å². The first kappa shape index (κ1) is 14.5. The predicted octanol–water partition coefficient (Wildman–Crippen LogP) is 2.43. The number of aryl methyl sites for hydroxylation is 1. The molecule has 1 fully saturated rings. The topological polar surface area (TPSA) is 53.4 Å². The van der Waals surface area contributed by atoms with Gasteiger partial charge >= 0.3 is 5.97 Å². The molecule has 1 aliphatic rings. The lowest BCUT2D eigenvalue weighted by Gasteiger charge is -2.29. The molecule has 1 aliphatic heterocycles. The molecular formula is C14H22N2O2S. The molecule has 1 aromatic heterocycles. The van der Waals surface area contributed by atoms with Gasteiger partial charge in [0, 0.05) is 24.0 Å². The first-order chi connectivity index (χ1) is 9.13. The highest BCUT2D eigenvalue weighted by atomic mass is 32.1. The summed E-state index contributed by atoms with van der Waals surface area (Å²) >= 11 is 1.66. The monoisotopic (exact) mass is 282 g/mol. The Morgan fingerprint density at radius 3 is 2.89 bits per heavy atom. The molecule has 106 valence electrons. The SMILES string of the molecule is CC1CCN(CCc2ncc(CCC(=O)O)s2)CC1. The molecule has 0 saturated carbocycles. The maximum absolute atomic E-state index is 10.5. The number of hydrogen-bond donors (Lipinski definition) is 1. The fourth-order valence-corrected chi connectivity index (χ4v) is 3.26. The van der Waals surface area contributed by atoms with Crippen LogP contribution in [0.25, 0.3) is 0 Å². The summed E-state index contributed by atoms with van der Waals surface area (Å²) in [6.07, 6.45) is 6.25. The van der Waals surface area contributed by atoms with E-state index in [0.717, 1.165) is 28.8 Å². The highest BCUT2D eigenvalue weighted by Gasteiger charge is 2.15. The smallest absolute Gasteiger partial charge is 0.303 e. The van der Waals surface area contributed by atoms with E-state index in [1.807, 2.05) is 6.20 Å². The molecule has 19 heavy (non-hydrogen) atoms. The third-order valence-electron chi connectivity index (χ3n) is 3.70. The fourth-order valence-electron chi connectivity index (χ4n) is 2.35. The van der Waals surface area contributed by atoms with Gasteiger partial charge in [-0.05, 0) is 38.3 Å². The van der Waals surface area contributed by atoms with Gasteiger partial charge in [-0.15, -0.1) is 11.3 Å². The van der Waals surface area contributed by atoms with Gasteiger partial charge in [0.25, 0.3) is 0 Å². The number of hydrogen-bond acceptors (Lipinski definition) is 4. The average Bonchev–Trinajstić information content (AvgIpc) is 2.84. The quantitative estimate of drug-likeness (QED) is 0.870. The second kappa shape index (κ2) is 7.01. The van der Waals surface area contributed by atoms with E-state index < -0.39 is 5.97 Å². The van der Waals surface area contributed by atoms with E-state index in [2.05, 4.69) is 16.8 Å². The molecule has 0 unspecified atom stereocenters. The number of carboxylic acid groups (broad SMARTS) is 1. The summed E-state index contributed by atoms with van der Waals surface area (Å²) in [5, 5.41) is 9.79. The molecule has 0 spiro atoms. The Labute approximate surface area is 118 Å². The van der Waals surface area contributed by atoms with Gasteiger partial charge in [-0.3, -0.25) is 4.79 Å². The largest absolute Gasteiger partial charge is 0.481 e. The standard InChI is InChI=1S/C14H22N2O2S/c1-11-4-7-16(8-5-11)9-6-13-15-10-12(19-13)2-3-14(17)18/h10-11H,2-9H2,1H3,(H,17,18). The van der Waals surface area contributed by atoms with Crippen LogP contribution in [0.5, 0.6) is 0 Å². The van der Waals surface area contributed by atoms with E-state index in [-0.39, 0.29) is 6.42 Å². The van der Waals surface area contributed by atoms with Crippen molar-refractivity contribution in [1.82, 2.24) is 9.88 Å². The Kier molecular flexibility index (Phi) is 5.34. The van der Waals surface area contributed by atoms with Crippen LogP contribution in [0.15, 0.2) is 6.20 Å². The third-order valence-corrected chi connectivity index (χ3v) is 4.82. The summed E-state index contributed by atoms with van der Waals surface area (Å²) in [5.41, 5.74) is 0. The second-order valence-electron chi connectivity index (χ2n) is 5.39. The Balaban J connectivity index is 1.72. The van der Waals surface area contributed by atoms with Gasteiger partial charge in [0.2, 0.25) is 0 Å². The average molecular weight is 282 g/mol. The van der Waals surface area contributed by atoms with E-state index in [1.54, 1.807) is 11.3 Å². The van der Waals surface area contributed by atoms with Crippen molar-refractivity contribution in [3.8, 4) is 0 Å². The van der Waals surface area contributed by atoms with Gasteiger partial charge in [-0.1, -0.05) is 6.92 Å². The van der Waals surface area contributed by atoms with Gasteiger partial charge in [-0.2, -0.15) is 0 Å². The van der Waals surface area contributed by atoms with Gasteiger partial charge in [0.05, 0.1) is 11.4 Å². The second-order valence-corrected chi connectivity index (χ2v) is 6.59. The fraction of sp³-hybridized carbons (Fsp3) is 0.714. The molecule has 0 aliphatic carbocycles. The normalized spacial score (nSPS) is 17.7. The van der Waals surface area contributed by atoms with Crippen LogP contribution in [-0.4, -0.2) is 40.6 Å². The van der Waals surface area contributed by atoms with Crippen LogP contribution >= 0.6 is 11.3 Å². The van der Waals surface area contributed by atoms with Crippen molar-refractivity contribution in [1.29, 1.82) is 0 Å². The lowest BCUT2D eigenvalue weighted by Crippen LogP contribution is -2.34. The zero-order valence-electron chi connectivity index (χ0n) is 11.5. The Hall–Kier alpha value is -0.940. The number of aromatic nitrogens is 1. The highest BCUT2D eigenvalue weighted by molar-refractivity contribution is 7.11. The van der Waals surface area contributed by atoms with E-state index in [1.165, 1.54) is 25.9 Å². The number of thiazole rings is 1. The number of carboxylic acids is 1. The van der Waals surface area contributed by atoms with E-state index in [4.69, 9.17) is 5.11 Å². The summed E-state index contributed by atoms with van der Waals surface area (Å²) in [5.74, 6) is 0.135. The molecule has 0 radical (unpaired) electrons. The lowest BCUT2D eigenvalue weighted by atomic mass is 9.99. The summed E-state index contributed by atoms with van der Waals surface area (Å²) in [6.45, 7) is 5.82. The first-order valence-corrected chi connectivity index (χ1v) is 7.83. The molecule has 4 nitrogen and oxygen atoms in total. The Bertz CT molecular complexity index is 411. The molecular weight excluding hydrogens is 260 g/mol. The van der Waals surface area contributed by atoms with Gasteiger partial charge < -0.3 is 10.0 Å². The van der Waals surface area contributed by atoms with Crippen LogP contribution in [-0.2, 0) is 17.6 Å². The van der Waals surface area contributed by atoms with Gasteiger partial charge in [0.15, 0.2) is 0 Å². The highest BCUT2D eigenvalue weighted by Crippen LogP contribution is 2.18. The summed E-state index contributed by atoms with van der Waals surface area (Å²) in [7, 11) is 0. The minimum Gasteiger partial charge on any atom is -0.481 e. The van der Waals surface area contributed by atoms with Crippen LogP contribution in [0.2, 0.25) is 0 Å². The summed E-state index contributed by atoms with van der Waals surface area (Å²) in [6, 6.07) is 0. The molecule has 1 saturated heterocycles. The minimum absolute atomic E-state index is 0.200. The van der Waals surface area contributed by atoms with Gasteiger partial charge in [-0.25, -0.2) is 4.98 Å². The molecule has 0 bridgehead atoms. The van der Waals surface area contributed by atoms with Crippen molar-refractivity contribution in [2.45, 2.75) is 39.0 Å². The molecule has 2 rings (SSSR count). The lowest BCUT2D eigenvalue weighted by molar-refractivity contribution is -0.136. The first-order valence-electron chi connectivity index (χ1n) is 7.01. The van der Waals surface area contributed by atoms with Crippen molar-refractivity contribution in [3.05, 3.63) is 16.1 Å². The molecule has 0 amide bonds. The van der Waals surface area contributed by atoms with Crippen LogP contribution in [0.4, 0.5) is 0 Å². The molecule has 2 heterocycles. The van der Waals surface area contributed by atoms with E-state index >= 15 is 0 Å². The van der Waals surface area contributed by atoms with Crippen molar-refractivity contribution < 1.29 is 9.90 Å². The number of nitrogens with zero attached hydrogens (tertiary/aromatic N) is 2. The van der Waals surface area contributed by atoms with Crippen molar-refractivity contribution in [2.75, 3.05) is 19.6 Å². The maximum atomic E-state index is 10.5. The molecule has 1 aromatic rings. The number of likely N-dealkylation sites (tertiary alicyclic amines) is 1. The molecule has 0 aromatic carbocycles. The van der Waals surface area contributed by atoms with Crippen LogP contribution in [0.3, 0.4) is 0 Å². The number of piperidine rings is 1. The van der Waals surface area contributed by atoms with Crippen LogP contribution < -0.4 is 0 Å². The Morgan fingerprint density at radius 1 is 1.47 bits per heavy atom. The minimum atomic E-state index is -0.739. The van der Waals surface area contributed by atoms with Crippen molar-refractivity contribution in [2.24, 2.45) is 5.92 Å². The van der Waals surface area contributed by atoms with Crippen LogP contribution in [0, 0.1) is 5.92 Å².